The van der Waals surface area contributed by atoms with Crippen LogP contribution in [0.3, 0.4) is 0 Å². The number of ether oxygens (including phenoxy) is 1. The smallest absolute Gasteiger partial charge is 0.299 e. The van der Waals surface area contributed by atoms with Gasteiger partial charge < -0.3 is 4.74 Å². The van der Waals surface area contributed by atoms with Crippen molar-refractivity contribution in [1.29, 1.82) is 0 Å². The minimum Gasteiger partial charge on any atom is -0.430 e. The molecule has 0 saturated heterocycles. The molecule has 0 bridgehead atoms. The van der Waals surface area contributed by atoms with Crippen LogP contribution in [0.15, 0.2) is 42.5 Å². The van der Waals surface area contributed by atoms with Gasteiger partial charge in [0, 0.05) is 22.2 Å². The Labute approximate surface area is 153 Å². The number of aromatic nitrogens is 2. The predicted molar refractivity (Wildman–Crippen MR) is 98.4 cm³/mol. The van der Waals surface area contributed by atoms with Crippen LogP contribution in [0.2, 0.25) is 10.0 Å². The summed E-state index contributed by atoms with van der Waals surface area (Å²) in [7, 11) is 0. The van der Waals surface area contributed by atoms with Crippen LogP contribution in [-0.2, 0) is 12.2 Å². The normalized spacial score (nSPS) is 10.7. The number of thiol groups is 1. The molecule has 0 unspecified atom stereocenters. The van der Waals surface area contributed by atoms with Crippen molar-refractivity contribution in [2.24, 2.45) is 0 Å². The maximum absolute atomic E-state index is 5.95. The summed E-state index contributed by atoms with van der Waals surface area (Å²) in [5.74, 6) is 1.26. The number of nitrogens with zero attached hydrogens (tertiary/aromatic N) is 2. The highest BCUT2D eigenvalue weighted by atomic mass is 35.5. The van der Waals surface area contributed by atoms with Gasteiger partial charge in [0.05, 0.1) is 0 Å². The Hall–Kier alpha value is -1.27. The van der Waals surface area contributed by atoms with Crippen LogP contribution in [0.4, 0.5) is 0 Å². The Morgan fingerprint density at radius 3 is 2.48 bits per heavy atom. The van der Waals surface area contributed by atoms with Crippen LogP contribution >= 0.6 is 47.2 Å². The molecule has 0 N–H and O–H groups in total. The summed E-state index contributed by atoms with van der Waals surface area (Å²) in [4.78, 5) is 0. The van der Waals surface area contributed by atoms with E-state index in [9.17, 15) is 0 Å². The molecule has 0 atom stereocenters. The largest absolute Gasteiger partial charge is 0.430 e. The Morgan fingerprint density at radius 2 is 1.74 bits per heavy atom. The van der Waals surface area contributed by atoms with E-state index in [-0.39, 0.29) is 0 Å². The van der Waals surface area contributed by atoms with Gasteiger partial charge in [-0.3, -0.25) is 0 Å². The lowest BCUT2D eigenvalue weighted by atomic mass is 10.1. The molecule has 0 spiro atoms. The molecule has 0 radical (unpaired) electrons. The highest BCUT2D eigenvalue weighted by Crippen LogP contribution is 2.30. The summed E-state index contributed by atoms with van der Waals surface area (Å²) in [6.07, 6.45) is 0.707. The zero-order valence-corrected chi connectivity index (χ0v) is 15.1. The third-order valence-corrected chi connectivity index (χ3v) is 4.62. The first-order valence-electron chi connectivity index (χ1n) is 6.77. The van der Waals surface area contributed by atoms with Crippen molar-refractivity contribution in [3.63, 3.8) is 0 Å². The molecule has 23 heavy (non-hydrogen) atoms. The zero-order chi connectivity index (χ0) is 16.2. The summed E-state index contributed by atoms with van der Waals surface area (Å²) in [6, 6.07) is 13.3. The fourth-order valence-electron chi connectivity index (χ4n) is 2.05. The van der Waals surface area contributed by atoms with E-state index in [4.69, 9.17) is 27.9 Å². The number of rotatable bonds is 5. The molecular formula is C16H12Cl2N2OS2. The molecule has 0 aliphatic carbocycles. The van der Waals surface area contributed by atoms with Gasteiger partial charge in [-0.15, -0.1) is 5.10 Å². The van der Waals surface area contributed by atoms with Crippen LogP contribution in [0, 0.1) is 0 Å². The molecule has 3 aromatic rings. The Kier molecular flexibility index (Phi) is 5.43. The van der Waals surface area contributed by atoms with E-state index in [1.807, 2.05) is 12.1 Å². The molecule has 1 heterocycles. The van der Waals surface area contributed by atoms with E-state index in [0.29, 0.717) is 33.2 Å². The Balaban J connectivity index is 1.72. The van der Waals surface area contributed by atoms with Crippen LogP contribution in [0.5, 0.6) is 10.9 Å². The van der Waals surface area contributed by atoms with Crippen molar-refractivity contribution in [3.05, 3.63) is 68.6 Å². The Morgan fingerprint density at radius 1 is 1.00 bits per heavy atom. The summed E-state index contributed by atoms with van der Waals surface area (Å²) < 4.78 is 5.67. The second-order valence-electron chi connectivity index (χ2n) is 4.82. The summed E-state index contributed by atoms with van der Waals surface area (Å²) in [5, 5.41) is 10.6. The van der Waals surface area contributed by atoms with E-state index < -0.39 is 0 Å². The van der Waals surface area contributed by atoms with Gasteiger partial charge in [-0.05, 0) is 29.3 Å². The van der Waals surface area contributed by atoms with Gasteiger partial charge in [-0.1, -0.05) is 63.9 Å². The van der Waals surface area contributed by atoms with Gasteiger partial charge in [-0.25, -0.2) is 0 Å². The molecule has 2 aromatic carbocycles. The molecular weight excluding hydrogens is 371 g/mol. The van der Waals surface area contributed by atoms with Gasteiger partial charge in [-0.2, -0.15) is 12.6 Å². The third-order valence-electron chi connectivity index (χ3n) is 3.02. The first-order chi connectivity index (χ1) is 11.1. The molecule has 7 heteroatoms. The number of halogens is 2. The van der Waals surface area contributed by atoms with Gasteiger partial charge in [0.25, 0.3) is 5.19 Å². The minimum atomic E-state index is 0.462. The molecule has 0 saturated carbocycles. The van der Waals surface area contributed by atoms with Crippen molar-refractivity contribution in [3.8, 4) is 10.9 Å². The van der Waals surface area contributed by atoms with E-state index in [1.54, 1.807) is 18.2 Å². The molecule has 118 valence electrons. The lowest BCUT2D eigenvalue weighted by Gasteiger charge is -2.02. The van der Waals surface area contributed by atoms with Gasteiger partial charge in [0.2, 0.25) is 0 Å². The second-order valence-corrected chi connectivity index (χ2v) is 7.04. The third kappa shape index (κ3) is 4.61. The quantitative estimate of drug-likeness (QED) is 0.578. The zero-order valence-electron chi connectivity index (χ0n) is 11.9. The highest BCUT2D eigenvalue weighted by molar-refractivity contribution is 7.79. The number of hydrogen-bond donors (Lipinski definition) is 1. The second kappa shape index (κ2) is 7.53. The average Bonchev–Trinajstić information content (AvgIpc) is 2.93. The van der Waals surface area contributed by atoms with E-state index in [2.05, 4.69) is 35.0 Å². The van der Waals surface area contributed by atoms with Crippen molar-refractivity contribution < 1.29 is 4.74 Å². The van der Waals surface area contributed by atoms with Gasteiger partial charge in [0.1, 0.15) is 10.8 Å². The molecule has 3 rings (SSSR count). The topological polar surface area (TPSA) is 35.0 Å². The first kappa shape index (κ1) is 16.6. The fourth-order valence-corrected chi connectivity index (χ4v) is 3.50. The van der Waals surface area contributed by atoms with Crippen LogP contribution < -0.4 is 4.74 Å². The maximum atomic E-state index is 5.95. The van der Waals surface area contributed by atoms with E-state index in [0.717, 1.165) is 5.01 Å². The predicted octanol–water partition coefficient (Wildman–Crippen LogP) is 5.66. The SMILES string of the molecule is SCc1cccc(Cc2nnc(Oc3cc(Cl)cc(Cl)c3)s2)c1. The molecule has 1 aromatic heterocycles. The Bertz CT molecular complexity index is 803. The van der Waals surface area contributed by atoms with Crippen molar-refractivity contribution in [2.45, 2.75) is 12.2 Å². The summed E-state index contributed by atoms with van der Waals surface area (Å²) >= 11 is 17.6. The molecule has 0 amide bonds. The molecule has 0 aliphatic heterocycles. The van der Waals surface area contributed by atoms with Crippen molar-refractivity contribution in [2.75, 3.05) is 0 Å². The van der Waals surface area contributed by atoms with Crippen LogP contribution in [0.25, 0.3) is 0 Å². The lowest BCUT2D eigenvalue weighted by molar-refractivity contribution is 0.473. The van der Waals surface area contributed by atoms with Crippen LogP contribution in [0.1, 0.15) is 16.1 Å². The van der Waals surface area contributed by atoms with E-state index >= 15 is 0 Å². The van der Waals surface area contributed by atoms with Gasteiger partial charge >= 0.3 is 0 Å². The van der Waals surface area contributed by atoms with Crippen LogP contribution in [-0.4, -0.2) is 10.2 Å². The lowest BCUT2D eigenvalue weighted by Crippen LogP contribution is -1.89. The van der Waals surface area contributed by atoms with Gasteiger partial charge in [0.15, 0.2) is 0 Å². The average molecular weight is 383 g/mol. The molecule has 0 aliphatic rings. The summed E-state index contributed by atoms with van der Waals surface area (Å²) in [5.41, 5.74) is 2.35. The molecule has 0 fully saturated rings. The summed E-state index contributed by atoms with van der Waals surface area (Å²) in [6.45, 7) is 0. The first-order valence-corrected chi connectivity index (χ1v) is 8.98. The maximum Gasteiger partial charge on any atom is 0.299 e. The minimum absolute atomic E-state index is 0.462. The highest BCUT2D eigenvalue weighted by Gasteiger charge is 2.09. The molecule has 3 nitrogen and oxygen atoms in total. The number of hydrogen-bond acceptors (Lipinski definition) is 5. The van der Waals surface area contributed by atoms with Crippen molar-refractivity contribution in [1.82, 2.24) is 10.2 Å². The standard InChI is InChI=1S/C16H12Cl2N2OS2/c17-12-6-13(18)8-14(7-12)21-16-20-19-15(23-16)5-10-2-1-3-11(4-10)9-22/h1-4,6-8,22H,5,9H2. The number of benzene rings is 2. The fraction of sp³-hybridized carbons (Fsp3) is 0.125. The van der Waals surface area contributed by atoms with E-state index in [1.165, 1.54) is 22.5 Å². The van der Waals surface area contributed by atoms with Crippen molar-refractivity contribution >= 4 is 47.2 Å². The monoisotopic (exact) mass is 382 g/mol.